The van der Waals surface area contributed by atoms with Crippen LogP contribution >= 0.6 is 11.6 Å². The first-order chi connectivity index (χ1) is 11.6. The summed E-state index contributed by atoms with van der Waals surface area (Å²) in [6.07, 6.45) is 0.473. The van der Waals surface area contributed by atoms with Crippen LogP contribution < -0.4 is 5.73 Å². The molecular formula is C18H14ClFN4. The van der Waals surface area contributed by atoms with Gasteiger partial charge in [0.05, 0.1) is 12.2 Å². The molecular weight excluding hydrogens is 327 g/mol. The van der Waals surface area contributed by atoms with Crippen molar-refractivity contribution < 1.29 is 4.39 Å². The molecule has 24 heavy (non-hydrogen) atoms. The van der Waals surface area contributed by atoms with Crippen LogP contribution in [0.15, 0.2) is 48.5 Å². The van der Waals surface area contributed by atoms with Crippen LogP contribution in [0.5, 0.6) is 0 Å². The zero-order valence-electron chi connectivity index (χ0n) is 12.7. The van der Waals surface area contributed by atoms with E-state index in [0.29, 0.717) is 29.2 Å². The Hall–Kier alpha value is -2.84. The van der Waals surface area contributed by atoms with Crippen LogP contribution in [0.25, 0.3) is 0 Å². The van der Waals surface area contributed by atoms with Crippen molar-refractivity contribution in [2.75, 3.05) is 5.73 Å². The number of nitriles is 1. The van der Waals surface area contributed by atoms with Gasteiger partial charge in [0.2, 0.25) is 0 Å². The molecule has 2 N–H and O–H groups in total. The van der Waals surface area contributed by atoms with E-state index in [-0.39, 0.29) is 11.6 Å². The summed E-state index contributed by atoms with van der Waals surface area (Å²) < 4.78 is 14.8. The second-order valence-electron chi connectivity index (χ2n) is 5.41. The number of aromatic nitrogens is 2. The summed E-state index contributed by atoms with van der Waals surface area (Å²) >= 11 is 5.88. The first-order valence-electron chi connectivity index (χ1n) is 7.31. The van der Waals surface area contributed by atoms with Crippen molar-refractivity contribution in [3.05, 3.63) is 81.8 Å². The van der Waals surface area contributed by atoms with E-state index in [2.05, 4.69) is 11.2 Å². The highest BCUT2D eigenvalue weighted by molar-refractivity contribution is 6.30. The molecule has 0 spiro atoms. The lowest BCUT2D eigenvalue weighted by atomic mass is 10.1. The number of benzene rings is 2. The second kappa shape index (κ2) is 6.73. The normalized spacial score (nSPS) is 10.5. The van der Waals surface area contributed by atoms with E-state index in [1.54, 1.807) is 24.3 Å². The maximum Gasteiger partial charge on any atom is 0.140 e. The lowest BCUT2D eigenvalue weighted by molar-refractivity contribution is 0.619. The summed E-state index contributed by atoms with van der Waals surface area (Å²) in [6, 6.07) is 15.7. The van der Waals surface area contributed by atoms with Gasteiger partial charge < -0.3 is 5.73 Å². The Bertz CT molecular complexity index is 910. The molecule has 0 saturated carbocycles. The molecule has 0 aliphatic rings. The van der Waals surface area contributed by atoms with Crippen molar-refractivity contribution in [3.63, 3.8) is 0 Å². The molecule has 0 unspecified atom stereocenters. The Morgan fingerprint density at radius 2 is 1.92 bits per heavy atom. The number of nitrogen functional groups attached to an aromatic ring is 1. The summed E-state index contributed by atoms with van der Waals surface area (Å²) in [5.41, 5.74) is 8.69. The molecule has 0 aliphatic carbocycles. The molecule has 2 aromatic carbocycles. The Morgan fingerprint density at radius 3 is 2.58 bits per heavy atom. The smallest absolute Gasteiger partial charge is 0.140 e. The molecule has 0 atom stereocenters. The van der Waals surface area contributed by atoms with Crippen molar-refractivity contribution in [2.24, 2.45) is 0 Å². The zero-order chi connectivity index (χ0) is 17.1. The quantitative estimate of drug-likeness (QED) is 0.786. The Morgan fingerprint density at radius 1 is 1.17 bits per heavy atom. The second-order valence-corrected chi connectivity index (χ2v) is 5.85. The topological polar surface area (TPSA) is 67.6 Å². The van der Waals surface area contributed by atoms with E-state index >= 15 is 0 Å². The molecule has 0 amide bonds. The monoisotopic (exact) mass is 340 g/mol. The molecule has 6 heteroatoms. The van der Waals surface area contributed by atoms with Gasteiger partial charge >= 0.3 is 0 Å². The highest BCUT2D eigenvalue weighted by Crippen LogP contribution is 2.21. The van der Waals surface area contributed by atoms with E-state index in [4.69, 9.17) is 17.3 Å². The first-order valence-corrected chi connectivity index (χ1v) is 7.69. The number of halogens is 2. The largest absolute Gasteiger partial charge is 0.383 e. The molecule has 3 rings (SSSR count). The molecule has 1 heterocycles. The first kappa shape index (κ1) is 16.0. The van der Waals surface area contributed by atoms with Crippen molar-refractivity contribution in [2.45, 2.75) is 13.0 Å². The summed E-state index contributed by atoms with van der Waals surface area (Å²) in [7, 11) is 0. The number of hydrogen-bond acceptors (Lipinski definition) is 3. The molecule has 0 saturated heterocycles. The van der Waals surface area contributed by atoms with Gasteiger partial charge in [-0.25, -0.2) is 9.07 Å². The number of anilines is 1. The standard InChI is InChI=1S/C18H14ClFN4/c19-14-6-4-12(5-7-14)9-17-16(10-21)18(22)24(23-17)11-13-2-1-3-15(20)8-13/h1-8H,9,11,22H2. The van der Waals surface area contributed by atoms with Gasteiger partial charge in [0.1, 0.15) is 23.3 Å². The van der Waals surface area contributed by atoms with E-state index in [1.165, 1.54) is 16.8 Å². The Balaban J connectivity index is 1.91. The minimum absolute atomic E-state index is 0.283. The lowest BCUT2D eigenvalue weighted by Gasteiger charge is -2.04. The fraction of sp³-hybridized carbons (Fsp3) is 0.111. The van der Waals surface area contributed by atoms with Crippen molar-refractivity contribution >= 4 is 17.4 Å². The molecule has 0 radical (unpaired) electrons. The summed E-state index contributed by atoms with van der Waals surface area (Å²) in [6.45, 7) is 0.304. The maximum absolute atomic E-state index is 13.3. The fourth-order valence-electron chi connectivity index (χ4n) is 2.50. The Kier molecular flexibility index (Phi) is 4.50. The van der Waals surface area contributed by atoms with Gasteiger partial charge in [0, 0.05) is 11.4 Å². The summed E-state index contributed by atoms with van der Waals surface area (Å²) in [4.78, 5) is 0. The zero-order valence-corrected chi connectivity index (χ0v) is 13.5. The highest BCUT2D eigenvalue weighted by Gasteiger charge is 2.16. The van der Waals surface area contributed by atoms with Crippen LogP contribution in [-0.2, 0) is 13.0 Å². The van der Waals surface area contributed by atoms with Crippen LogP contribution in [-0.4, -0.2) is 9.78 Å². The van der Waals surface area contributed by atoms with Gasteiger partial charge in [-0.2, -0.15) is 10.4 Å². The predicted molar refractivity (Wildman–Crippen MR) is 91.1 cm³/mol. The molecule has 0 bridgehead atoms. The van der Waals surface area contributed by atoms with Crippen molar-refractivity contribution in [1.82, 2.24) is 9.78 Å². The van der Waals surface area contributed by atoms with Crippen molar-refractivity contribution in [1.29, 1.82) is 5.26 Å². The molecule has 0 fully saturated rings. The van der Waals surface area contributed by atoms with Gasteiger partial charge in [-0.1, -0.05) is 35.9 Å². The van der Waals surface area contributed by atoms with E-state index in [1.807, 2.05) is 12.1 Å². The lowest BCUT2D eigenvalue weighted by Crippen LogP contribution is -2.06. The van der Waals surface area contributed by atoms with Gasteiger partial charge in [-0.3, -0.25) is 0 Å². The van der Waals surface area contributed by atoms with Crippen LogP contribution in [0.2, 0.25) is 5.02 Å². The molecule has 0 aliphatic heterocycles. The van der Waals surface area contributed by atoms with Crippen LogP contribution in [0.1, 0.15) is 22.4 Å². The number of nitrogens with zero attached hydrogens (tertiary/aromatic N) is 3. The van der Waals surface area contributed by atoms with Gasteiger partial charge in [0.15, 0.2) is 0 Å². The van der Waals surface area contributed by atoms with E-state index < -0.39 is 0 Å². The average Bonchev–Trinajstić information content (AvgIpc) is 2.84. The SMILES string of the molecule is N#Cc1c(Cc2ccc(Cl)cc2)nn(Cc2cccc(F)c2)c1N. The molecule has 3 aromatic rings. The van der Waals surface area contributed by atoms with E-state index in [0.717, 1.165) is 11.1 Å². The van der Waals surface area contributed by atoms with Gasteiger partial charge in [-0.05, 0) is 35.4 Å². The maximum atomic E-state index is 13.3. The van der Waals surface area contributed by atoms with E-state index in [9.17, 15) is 9.65 Å². The minimum Gasteiger partial charge on any atom is -0.383 e. The van der Waals surface area contributed by atoms with Crippen molar-refractivity contribution in [3.8, 4) is 6.07 Å². The molecule has 120 valence electrons. The minimum atomic E-state index is -0.319. The third kappa shape index (κ3) is 3.39. The molecule has 4 nitrogen and oxygen atoms in total. The van der Waals surface area contributed by atoms with Crippen LogP contribution in [0.4, 0.5) is 10.2 Å². The third-order valence-corrected chi connectivity index (χ3v) is 3.93. The number of nitrogens with two attached hydrogens (primary N) is 1. The number of hydrogen-bond donors (Lipinski definition) is 1. The number of rotatable bonds is 4. The molecule has 1 aromatic heterocycles. The van der Waals surface area contributed by atoms with Crippen LogP contribution in [0, 0.1) is 17.1 Å². The van der Waals surface area contributed by atoms with Gasteiger partial charge in [0.25, 0.3) is 0 Å². The predicted octanol–water partition coefficient (Wildman–Crippen LogP) is 3.77. The Labute approximate surface area is 143 Å². The van der Waals surface area contributed by atoms with Gasteiger partial charge in [-0.15, -0.1) is 0 Å². The fourth-order valence-corrected chi connectivity index (χ4v) is 2.62. The summed E-state index contributed by atoms with van der Waals surface area (Å²) in [5.74, 6) is -0.0363. The summed E-state index contributed by atoms with van der Waals surface area (Å²) in [5, 5.41) is 14.5. The van der Waals surface area contributed by atoms with Crippen LogP contribution in [0.3, 0.4) is 0 Å². The highest BCUT2D eigenvalue weighted by atomic mass is 35.5. The average molecular weight is 341 g/mol. The third-order valence-electron chi connectivity index (χ3n) is 3.68.